The molecule has 0 bridgehead atoms. The van der Waals surface area contributed by atoms with Crippen molar-refractivity contribution in [1.29, 1.82) is 0 Å². The van der Waals surface area contributed by atoms with E-state index in [1.165, 1.54) is 32.1 Å². The molecular weight excluding hydrogens is 204 g/mol. The van der Waals surface area contributed by atoms with Crippen molar-refractivity contribution in [1.82, 2.24) is 5.32 Å². The zero-order valence-electron chi connectivity index (χ0n) is 9.95. The molecule has 0 saturated heterocycles. The van der Waals surface area contributed by atoms with E-state index >= 15 is 0 Å². The fourth-order valence-corrected chi connectivity index (χ4v) is 2.23. The Balaban J connectivity index is 1.93. The van der Waals surface area contributed by atoms with Crippen LogP contribution in [0.3, 0.4) is 0 Å². The predicted octanol–water partition coefficient (Wildman–Crippen LogP) is 1.49. The summed E-state index contributed by atoms with van der Waals surface area (Å²) in [5.41, 5.74) is 5.42. The fraction of sp³-hybridized carbons (Fsp3) is 0.917. The van der Waals surface area contributed by atoms with E-state index in [9.17, 15) is 4.79 Å². The van der Waals surface area contributed by atoms with Gasteiger partial charge in [-0.2, -0.15) is 0 Å². The third-order valence-corrected chi connectivity index (χ3v) is 3.30. The summed E-state index contributed by atoms with van der Waals surface area (Å²) in [6.45, 7) is 0.997. The average Bonchev–Trinajstić information content (AvgIpc) is 2.29. The molecule has 1 atom stereocenters. The van der Waals surface area contributed by atoms with Gasteiger partial charge >= 0.3 is 5.97 Å². The second kappa shape index (κ2) is 7.63. The van der Waals surface area contributed by atoms with Crippen LogP contribution in [0.25, 0.3) is 0 Å². The Bertz CT molecular complexity index is 203. The Hall–Kier alpha value is -0.610. The van der Waals surface area contributed by atoms with Gasteiger partial charge in [0.15, 0.2) is 0 Å². The van der Waals surface area contributed by atoms with Crippen LogP contribution >= 0.6 is 0 Å². The zero-order valence-corrected chi connectivity index (χ0v) is 9.95. The molecule has 1 fully saturated rings. The van der Waals surface area contributed by atoms with Gasteiger partial charge in [-0.05, 0) is 32.2 Å². The summed E-state index contributed by atoms with van der Waals surface area (Å²) in [5, 5.41) is 12.1. The standard InChI is InChI=1S/C12H24N2O2/c13-11(12(15)16)8-4-5-9-14-10-6-2-1-3-7-10/h10-11,14H,1-9,13H2,(H,15,16)/t11-/m0/s1. The number of carboxylic acid groups (broad SMARTS) is 1. The Labute approximate surface area is 97.6 Å². The third-order valence-electron chi connectivity index (χ3n) is 3.30. The molecule has 1 aliphatic rings. The van der Waals surface area contributed by atoms with Crippen LogP contribution in [0.1, 0.15) is 51.4 Å². The van der Waals surface area contributed by atoms with Gasteiger partial charge in [0.2, 0.25) is 0 Å². The highest BCUT2D eigenvalue weighted by Crippen LogP contribution is 2.17. The lowest BCUT2D eigenvalue weighted by Crippen LogP contribution is -2.32. The van der Waals surface area contributed by atoms with E-state index in [-0.39, 0.29) is 0 Å². The van der Waals surface area contributed by atoms with Crippen molar-refractivity contribution in [3.05, 3.63) is 0 Å². The summed E-state index contributed by atoms with van der Waals surface area (Å²) in [5.74, 6) is -0.889. The van der Waals surface area contributed by atoms with Crippen LogP contribution in [0, 0.1) is 0 Å². The van der Waals surface area contributed by atoms with E-state index in [0.717, 1.165) is 19.4 Å². The molecule has 0 amide bonds. The van der Waals surface area contributed by atoms with E-state index < -0.39 is 12.0 Å². The number of hydrogen-bond acceptors (Lipinski definition) is 3. The Kier molecular flexibility index (Phi) is 6.42. The lowest BCUT2D eigenvalue weighted by molar-refractivity contribution is -0.138. The van der Waals surface area contributed by atoms with E-state index in [1.807, 2.05) is 0 Å². The summed E-state index contributed by atoms with van der Waals surface area (Å²) < 4.78 is 0. The number of aliphatic carboxylic acids is 1. The van der Waals surface area contributed by atoms with Gasteiger partial charge in [0.25, 0.3) is 0 Å². The summed E-state index contributed by atoms with van der Waals surface area (Å²) in [6.07, 6.45) is 9.18. The molecule has 4 heteroatoms. The molecule has 0 spiro atoms. The van der Waals surface area contributed by atoms with Gasteiger partial charge in [0, 0.05) is 6.04 Å². The first-order valence-corrected chi connectivity index (χ1v) is 6.42. The molecule has 16 heavy (non-hydrogen) atoms. The fourth-order valence-electron chi connectivity index (χ4n) is 2.23. The van der Waals surface area contributed by atoms with Crippen molar-refractivity contribution in [3.8, 4) is 0 Å². The van der Waals surface area contributed by atoms with Gasteiger partial charge in [-0.15, -0.1) is 0 Å². The van der Waals surface area contributed by atoms with E-state index in [4.69, 9.17) is 10.8 Å². The maximum atomic E-state index is 10.5. The Morgan fingerprint density at radius 2 is 2.00 bits per heavy atom. The maximum absolute atomic E-state index is 10.5. The molecule has 4 N–H and O–H groups in total. The number of nitrogens with two attached hydrogens (primary N) is 1. The Morgan fingerprint density at radius 1 is 1.31 bits per heavy atom. The van der Waals surface area contributed by atoms with Crippen LogP contribution in [0.4, 0.5) is 0 Å². The molecule has 0 radical (unpaired) electrons. The molecular formula is C12H24N2O2. The molecule has 0 aromatic carbocycles. The van der Waals surface area contributed by atoms with Crippen LogP contribution in [0.2, 0.25) is 0 Å². The van der Waals surface area contributed by atoms with E-state index in [0.29, 0.717) is 12.5 Å². The second-order valence-corrected chi connectivity index (χ2v) is 4.73. The highest BCUT2D eigenvalue weighted by Gasteiger charge is 2.12. The van der Waals surface area contributed by atoms with Gasteiger partial charge in [-0.3, -0.25) is 4.79 Å². The first-order valence-electron chi connectivity index (χ1n) is 6.42. The topological polar surface area (TPSA) is 75.3 Å². The number of unbranched alkanes of at least 4 members (excludes halogenated alkanes) is 1. The van der Waals surface area contributed by atoms with Crippen LogP contribution in [-0.2, 0) is 4.79 Å². The Morgan fingerprint density at radius 3 is 2.62 bits per heavy atom. The van der Waals surface area contributed by atoms with Crippen LogP contribution in [0.15, 0.2) is 0 Å². The number of carbonyl (C=O) groups is 1. The summed E-state index contributed by atoms with van der Waals surface area (Å²) in [4.78, 5) is 10.5. The van der Waals surface area contributed by atoms with Crippen molar-refractivity contribution >= 4 is 5.97 Å². The van der Waals surface area contributed by atoms with E-state index in [2.05, 4.69) is 5.32 Å². The minimum absolute atomic E-state index is 0.585. The van der Waals surface area contributed by atoms with Crippen LogP contribution in [-0.4, -0.2) is 29.7 Å². The quantitative estimate of drug-likeness (QED) is 0.577. The molecule has 4 nitrogen and oxygen atoms in total. The SMILES string of the molecule is N[C@@H](CCCCNC1CCCCC1)C(=O)O. The number of hydrogen-bond donors (Lipinski definition) is 3. The van der Waals surface area contributed by atoms with Crippen molar-refractivity contribution in [2.75, 3.05) is 6.54 Å². The first-order chi connectivity index (χ1) is 7.70. The first kappa shape index (κ1) is 13.5. The normalized spacial score (nSPS) is 19.6. The van der Waals surface area contributed by atoms with Crippen LogP contribution in [0.5, 0.6) is 0 Å². The van der Waals surface area contributed by atoms with Gasteiger partial charge < -0.3 is 16.2 Å². The van der Waals surface area contributed by atoms with Gasteiger partial charge in [-0.25, -0.2) is 0 Å². The highest BCUT2D eigenvalue weighted by molar-refractivity contribution is 5.72. The second-order valence-electron chi connectivity index (χ2n) is 4.73. The minimum Gasteiger partial charge on any atom is -0.480 e. The largest absolute Gasteiger partial charge is 0.480 e. The van der Waals surface area contributed by atoms with Crippen molar-refractivity contribution < 1.29 is 9.90 Å². The highest BCUT2D eigenvalue weighted by atomic mass is 16.4. The van der Waals surface area contributed by atoms with Crippen molar-refractivity contribution in [3.63, 3.8) is 0 Å². The number of carboxylic acids is 1. The molecule has 0 aromatic rings. The average molecular weight is 228 g/mol. The van der Waals surface area contributed by atoms with Gasteiger partial charge in [-0.1, -0.05) is 25.7 Å². The molecule has 1 aliphatic carbocycles. The molecule has 0 aromatic heterocycles. The van der Waals surface area contributed by atoms with Gasteiger partial charge in [0.1, 0.15) is 6.04 Å². The van der Waals surface area contributed by atoms with Crippen molar-refractivity contribution in [2.24, 2.45) is 5.73 Å². The van der Waals surface area contributed by atoms with E-state index in [1.54, 1.807) is 0 Å². The monoisotopic (exact) mass is 228 g/mol. The molecule has 0 heterocycles. The molecule has 0 unspecified atom stereocenters. The lowest BCUT2D eigenvalue weighted by Gasteiger charge is -2.22. The van der Waals surface area contributed by atoms with Gasteiger partial charge in [0.05, 0.1) is 0 Å². The smallest absolute Gasteiger partial charge is 0.320 e. The number of nitrogens with one attached hydrogen (secondary N) is 1. The molecule has 0 aliphatic heterocycles. The number of rotatable bonds is 7. The maximum Gasteiger partial charge on any atom is 0.320 e. The lowest BCUT2D eigenvalue weighted by atomic mass is 9.95. The summed E-state index contributed by atoms with van der Waals surface area (Å²) in [7, 11) is 0. The van der Waals surface area contributed by atoms with Crippen LogP contribution < -0.4 is 11.1 Å². The third kappa shape index (κ3) is 5.47. The zero-order chi connectivity index (χ0) is 11.8. The minimum atomic E-state index is -0.889. The molecule has 1 rings (SSSR count). The predicted molar refractivity (Wildman–Crippen MR) is 64.3 cm³/mol. The van der Waals surface area contributed by atoms with Crippen molar-refractivity contribution in [2.45, 2.75) is 63.5 Å². The summed E-state index contributed by atoms with van der Waals surface area (Å²) >= 11 is 0. The molecule has 1 saturated carbocycles. The summed E-state index contributed by atoms with van der Waals surface area (Å²) in [6, 6.07) is 0.0107. The molecule has 94 valence electrons.